The van der Waals surface area contributed by atoms with Crippen LogP contribution in [0.1, 0.15) is 57.3 Å². The van der Waals surface area contributed by atoms with Crippen molar-refractivity contribution >= 4 is 34.4 Å². The van der Waals surface area contributed by atoms with Gasteiger partial charge in [0.15, 0.2) is 5.65 Å². The molecule has 0 radical (unpaired) electrons. The number of rotatable bonds is 6. The number of benzene rings is 1. The third-order valence-electron chi connectivity index (χ3n) is 7.46. The Balaban J connectivity index is 1.53. The van der Waals surface area contributed by atoms with Crippen molar-refractivity contribution in [2.24, 2.45) is 17.1 Å². The van der Waals surface area contributed by atoms with Crippen LogP contribution < -0.4 is 11.1 Å². The molecule has 3 heterocycles. The van der Waals surface area contributed by atoms with Gasteiger partial charge in [-0.05, 0) is 74.6 Å². The van der Waals surface area contributed by atoms with Gasteiger partial charge in [-0.15, -0.1) is 0 Å². The van der Waals surface area contributed by atoms with E-state index in [0.29, 0.717) is 34.6 Å². The average molecular weight is 487 g/mol. The van der Waals surface area contributed by atoms with Crippen molar-refractivity contribution in [3.05, 3.63) is 41.1 Å². The summed E-state index contributed by atoms with van der Waals surface area (Å²) in [6.45, 7) is 4.55. The van der Waals surface area contributed by atoms with E-state index in [4.69, 9.17) is 32.0 Å². The standard InChI is InChI=1S/C25H32ClFN6O/c1-25(8-10-34-11-9-25)13-22-29-15-21-23(32-22)33(18-5-2-16(14-28)3-6-18)24(31-21)30-20-12-17(26)4-7-19(20)27/h4,7,12,15-16,18H,2-3,5-6,8-11,13-14,28H2,1H3,(H,30,31). The molecule has 34 heavy (non-hydrogen) atoms. The fraction of sp³-hybridized carbons (Fsp3) is 0.560. The van der Waals surface area contributed by atoms with Gasteiger partial charge in [0.1, 0.15) is 17.2 Å². The highest BCUT2D eigenvalue weighted by Crippen LogP contribution is 2.38. The number of hydrogen-bond acceptors (Lipinski definition) is 6. The average Bonchev–Trinajstić information content (AvgIpc) is 3.19. The summed E-state index contributed by atoms with van der Waals surface area (Å²) in [6.07, 6.45) is 8.66. The van der Waals surface area contributed by atoms with Crippen LogP contribution in [0.4, 0.5) is 16.0 Å². The van der Waals surface area contributed by atoms with Gasteiger partial charge >= 0.3 is 0 Å². The van der Waals surface area contributed by atoms with Gasteiger partial charge in [0.2, 0.25) is 5.95 Å². The predicted octanol–water partition coefficient (Wildman–Crippen LogP) is 5.41. The Bertz CT molecular complexity index is 1150. The molecule has 1 aliphatic carbocycles. The molecule has 2 aliphatic rings. The number of nitrogens with zero attached hydrogens (tertiary/aromatic N) is 4. The molecule has 7 nitrogen and oxygen atoms in total. The van der Waals surface area contributed by atoms with E-state index in [1.807, 2.05) is 0 Å². The summed E-state index contributed by atoms with van der Waals surface area (Å²) < 4.78 is 22.2. The monoisotopic (exact) mass is 486 g/mol. The molecular formula is C25H32ClFN6O. The van der Waals surface area contributed by atoms with Crippen molar-refractivity contribution in [2.75, 3.05) is 25.1 Å². The molecule has 0 bridgehead atoms. The van der Waals surface area contributed by atoms with E-state index in [1.54, 1.807) is 12.3 Å². The zero-order valence-corrected chi connectivity index (χ0v) is 20.3. The molecular weight excluding hydrogens is 455 g/mol. The molecule has 0 spiro atoms. The second kappa shape index (κ2) is 9.76. The maximum absolute atomic E-state index is 14.5. The number of nitrogens with one attached hydrogen (secondary N) is 1. The topological polar surface area (TPSA) is 90.9 Å². The molecule has 3 aromatic rings. The predicted molar refractivity (Wildman–Crippen MR) is 132 cm³/mol. The Morgan fingerprint density at radius 2 is 1.97 bits per heavy atom. The van der Waals surface area contributed by atoms with Crippen molar-refractivity contribution in [3.63, 3.8) is 0 Å². The normalized spacial score (nSPS) is 22.7. The van der Waals surface area contributed by atoms with Crippen LogP contribution in [0.3, 0.4) is 0 Å². The summed E-state index contributed by atoms with van der Waals surface area (Å²) in [5, 5.41) is 3.65. The number of nitrogens with two attached hydrogens (primary N) is 1. The summed E-state index contributed by atoms with van der Waals surface area (Å²) in [5.74, 6) is 1.55. The van der Waals surface area contributed by atoms with Crippen LogP contribution in [0, 0.1) is 17.2 Å². The summed E-state index contributed by atoms with van der Waals surface area (Å²) in [7, 11) is 0. The van der Waals surface area contributed by atoms with E-state index in [0.717, 1.165) is 69.6 Å². The second-order valence-corrected chi connectivity index (χ2v) is 10.5. The Morgan fingerprint density at radius 1 is 1.21 bits per heavy atom. The van der Waals surface area contributed by atoms with Gasteiger partial charge in [-0.25, -0.2) is 19.3 Å². The van der Waals surface area contributed by atoms with Gasteiger partial charge in [-0.1, -0.05) is 18.5 Å². The van der Waals surface area contributed by atoms with Crippen LogP contribution in [-0.4, -0.2) is 39.3 Å². The maximum Gasteiger partial charge on any atom is 0.210 e. The zero-order valence-electron chi connectivity index (χ0n) is 19.6. The number of halogens is 2. The van der Waals surface area contributed by atoms with Crippen LogP contribution in [0.25, 0.3) is 11.2 Å². The highest BCUT2D eigenvalue weighted by Gasteiger charge is 2.30. The minimum Gasteiger partial charge on any atom is -0.381 e. The van der Waals surface area contributed by atoms with Crippen molar-refractivity contribution in [3.8, 4) is 0 Å². The number of aromatic nitrogens is 4. The largest absolute Gasteiger partial charge is 0.381 e. The Kier molecular flexibility index (Phi) is 6.73. The molecule has 1 aromatic carbocycles. The minimum absolute atomic E-state index is 0.126. The third-order valence-corrected chi connectivity index (χ3v) is 7.69. The van der Waals surface area contributed by atoms with Crippen molar-refractivity contribution < 1.29 is 9.13 Å². The molecule has 3 N–H and O–H groups in total. The maximum atomic E-state index is 14.5. The molecule has 0 atom stereocenters. The Morgan fingerprint density at radius 3 is 2.71 bits per heavy atom. The number of ether oxygens (including phenoxy) is 1. The lowest BCUT2D eigenvalue weighted by molar-refractivity contribution is 0.0232. The van der Waals surface area contributed by atoms with Gasteiger partial charge < -0.3 is 15.8 Å². The van der Waals surface area contributed by atoms with E-state index < -0.39 is 0 Å². The summed E-state index contributed by atoms with van der Waals surface area (Å²) in [4.78, 5) is 14.4. The van der Waals surface area contributed by atoms with Crippen LogP contribution in [0.2, 0.25) is 5.02 Å². The first-order valence-electron chi connectivity index (χ1n) is 12.2. The first-order chi connectivity index (χ1) is 16.4. The lowest BCUT2D eigenvalue weighted by atomic mass is 9.79. The highest BCUT2D eigenvalue weighted by molar-refractivity contribution is 6.30. The van der Waals surface area contributed by atoms with Crippen LogP contribution in [0.15, 0.2) is 24.4 Å². The van der Waals surface area contributed by atoms with Gasteiger partial charge in [0, 0.05) is 30.7 Å². The van der Waals surface area contributed by atoms with Crippen molar-refractivity contribution in [1.82, 2.24) is 19.5 Å². The van der Waals surface area contributed by atoms with E-state index in [9.17, 15) is 4.39 Å². The fourth-order valence-electron chi connectivity index (χ4n) is 5.22. The van der Waals surface area contributed by atoms with E-state index in [2.05, 4.69) is 21.8 Å². The smallest absolute Gasteiger partial charge is 0.210 e. The number of hydrogen-bond donors (Lipinski definition) is 2. The van der Waals surface area contributed by atoms with Gasteiger partial charge in [-0.2, -0.15) is 0 Å². The molecule has 1 aliphatic heterocycles. The van der Waals surface area contributed by atoms with E-state index in [1.165, 1.54) is 12.1 Å². The SMILES string of the molecule is CC1(Cc2ncc3nc(Nc4cc(Cl)ccc4F)n(C4CCC(CN)CC4)c3n2)CCOCC1. The van der Waals surface area contributed by atoms with Gasteiger partial charge in [0.05, 0.1) is 11.9 Å². The number of anilines is 2. The van der Waals surface area contributed by atoms with E-state index >= 15 is 0 Å². The van der Waals surface area contributed by atoms with E-state index in [-0.39, 0.29) is 17.3 Å². The molecule has 9 heteroatoms. The molecule has 2 fully saturated rings. The summed E-state index contributed by atoms with van der Waals surface area (Å²) in [6, 6.07) is 4.68. The third kappa shape index (κ3) is 4.90. The molecule has 1 saturated heterocycles. The first kappa shape index (κ1) is 23.5. The highest BCUT2D eigenvalue weighted by atomic mass is 35.5. The molecule has 5 rings (SSSR count). The summed E-state index contributed by atoms with van der Waals surface area (Å²) in [5.41, 5.74) is 7.84. The molecule has 1 saturated carbocycles. The second-order valence-electron chi connectivity index (χ2n) is 10.1. The number of imidazole rings is 1. The minimum atomic E-state index is -0.380. The zero-order chi connectivity index (χ0) is 23.7. The Hall–Kier alpha value is -2.29. The lowest BCUT2D eigenvalue weighted by Gasteiger charge is -2.33. The van der Waals surface area contributed by atoms with Gasteiger partial charge in [-0.3, -0.25) is 4.57 Å². The molecule has 0 amide bonds. The van der Waals surface area contributed by atoms with Gasteiger partial charge in [0.25, 0.3) is 0 Å². The Labute approximate surface area is 204 Å². The molecule has 2 aromatic heterocycles. The van der Waals surface area contributed by atoms with Crippen LogP contribution >= 0.6 is 11.6 Å². The number of fused-ring (bicyclic) bond motifs is 1. The van der Waals surface area contributed by atoms with Crippen LogP contribution in [-0.2, 0) is 11.2 Å². The first-order valence-corrected chi connectivity index (χ1v) is 12.6. The summed E-state index contributed by atoms with van der Waals surface area (Å²) >= 11 is 6.13. The quantitative estimate of drug-likeness (QED) is 0.484. The van der Waals surface area contributed by atoms with Crippen molar-refractivity contribution in [2.45, 2.75) is 57.9 Å². The molecule has 182 valence electrons. The lowest BCUT2D eigenvalue weighted by Crippen LogP contribution is -2.29. The fourth-order valence-corrected chi connectivity index (χ4v) is 5.39. The van der Waals surface area contributed by atoms with Crippen LogP contribution in [0.5, 0.6) is 0 Å². The van der Waals surface area contributed by atoms with Crippen molar-refractivity contribution in [1.29, 1.82) is 0 Å². The molecule has 0 unspecified atom stereocenters.